The monoisotopic (exact) mass is 163 g/mol. The molecule has 1 aromatic carbocycles. The molecule has 2 heteroatoms. The van der Waals surface area contributed by atoms with Gasteiger partial charge in [0, 0.05) is 18.0 Å². The number of carbonyl (C=O) groups is 1. The summed E-state index contributed by atoms with van der Waals surface area (Å²) in [6.07, 6.45) is 0.421. The summed E-state index contributed by atoms with van der Waals surface area (Å²) in [5, 5.41) is 0. The number of ketones is 1. The summed E-state index contributed by atoms with van der Waals surface area (Å²) in [5.41, 5.74) is 6.26. The molecule has 0 heterocycles. The molecule has 0 aliphatic rings. The van der Waals surface area contributed by atoms with Gasteiger partial charge >= 0.3 is 0 Å². The molecule has 1 rings (SSSR count). The number of benzene rings is 1. The van der Waals surface area contributed by atoms with E-state index in [1.165, 1.54) is 0 Å². The zero-order chi connectivity index (χ0) is 8.97. The fraction of sp³-hybridized carbons (Fsp3) is 0.300. The van der Waals surface area contributed by atoms with Crippen molar-refractivity contribution in [1.29, 1.82) is 0 Å². The number of hydrogen-bond donors (Lipinski definition) is 1. The second-order valence-electron chi connectivity index (χ2n) is 2.97. The van der Waals surface area contributed by atoms with Crippen LogP contribution >= 0.6 is 0 Å². The molecule has 0 aromatic heterocycles. The largest absolute Gasteiger partial charge is 0.328 e. The van der Waals surface area contributed by atoms with Crippen LogP contribution in [0.1, 0.15) is 23.7 Å². The first-order valence-corrected chi connectivity index (χ1v) is 4.04. The summed E-state index contributed by atoms with van der Waals surface area (Å²) in [7, 11) is 0. The first-order chi connectivity index (χ1) is 5.70. The van der Waals surface area contributed by atoms with E-state index in [0.717, 1.165) is 5.56 Å². The van der Waals surface area contributed by atoms with Crippen LogP contribution in [-0.2, 0) is 0 Å². The Morgan fingerprint density at radius 3 is 2.50 bits per heavy atom. The van der Waals surface area contributed by atoms with E-state index in [0.29, 0.717) is 6.42 Å². The van der Waals surface area contributed by atoms with Gasteiger partial charge < -0.3 is 5.73 Å². The summed E-state index contributed by atoms with van der Waals surface area (Å²) in [5.74, 6) is 0.116. The van der Waals surface area contributed by atoms with Crippen LogP contribution in [-0.4, -0.2) is 11.8 Å². The maximum Gasteiger partial charge on any atom is 0.164 e. The third kappa shape index (κ3) is 2.47. The lowest BCUT2D eigenvalue weighted by atomic mass is 10.1. The lowest BCUT2D eigenvalue weighted by Crippen LogP contribution is -2.19. The minimum absolute atomic E-state index is 0.0577. The van der Waals surface area contributed by atoms with E-state index in [9.17, 15) is 4.79 Å². The Hall–Kier alpha value is -1.15. The molecule has 1 unspecified atom stereocenters. The van der Waals surface area contributed by atoms with Crippen LogP contribution < -0.4 is 5.73 Å². The van der Waals surface area contributed by atoms with Crippen LogP contribution in [0.15, 0.2) is 30.3 Å². The third-order valence-electron chi connectivity index (χ3n) is 1.60. The van der Waals surface area contributed by atoms with Gasteiger partial charge in [-0.05, 0) is 6.92 Å². The van der Waals surface area contributed by atoms with Crippen molar-refractivity contribution in [2.75, 3.05) is 0 Å². The zero-order valence-corrected chi connectivity index (χ0v) is 7.16. The highest BCUT2D eigenvalue weighted by atomic mass is 16.1. The maximum atomic E-state index is 11.4. The quantitative estimate of drug-likeness (QED) is 0.688. The number of nitrogens with two attached hydrogens (primary N) is 1. The topological polar surface area (TPSA) is 43.1 Å². The van der Waals surface area contributed by atoms with E-state index in [2.05, 4.69) is 0 Å². The van der Waals surface area contributed by atoms with E-state index >= 15 is 0 Å². The van der Waals surface area contributed by atoms with Crippen LogP contribution in [0.2, 0.25) is 0 Å². The molecule has 0 bridgehead atoms. The average Bonchev–Trinajstić information content (AvgIpc) is 2.05. The van der Waals surface area contributed by atoms with Crippen molar-refractivity contribution in [3.05, 3.63) is 35.9 Å². The summed E-state index contributed by atoms with van der Waals surface area (Å²) in [6, 6.07) is 9.17. The van der Waals surface area contributed by atoms with Gasteiger partial charge in [0.2, 0.25) is 0 Å². The molecule has 1 atom stereocenters. The highest BCUT2D eigenvalue weighted by Gasteiger charge is 2.06. The highest BCUT2D eigenvalue weighted by molar-refractivity contribution is 5.96. The minimum atomic E-state index is -0.0577. The van der Waals surface area contributed by atoms with Gasteiger partial charge in [0.1, 0.15) is 0 Å². The molecule has 0 fully saturated rings. The smallest absolute Gasteiger partial charge is 0.164 e. The van der Waals surface area contributed by atoms with Crippen molar-refractivity contribution < 1.29 is 4.79 Å². The van der Waals surface area contributed by atoms with Crippen LogP contribution in [0, 0.1) is 0 Å². The Kier molecular flexibility index (Phi) is 3.00. The lowest BCUT2D eigenvalue weighted by molar-refractivity contribution is 0.0976. The van der Waals surface area contributed by atoms with Crippen LogP contribution in [0.5, 0.6) is 0 Å². The molecule has 0 amide bonds. The van der Waals surface area contributed by atoms with E-state index in [1.54, 1.807) is 0 Å². The molecule has 64 valence electrons. The van der Waals surface area contributed by atoms with Crippen molar-refractivity contribution in [3.63, 3.8) is 0 Å². The highest BCUT2D eigenvalue weighted by Crippen LogP contribution is 2.03. The van der Waals surface area contributed by atoms with Crippen molar-refractivity contribution >= 4 is 5.78 Å². The lowest BCUT2D eigenvalue weighted by Gasteiger charge is -2.02. The van der Waals surface area contributed by atoms with Crippen LogP contribution in [0.25, 0.3) is 0 Å². The fourth-order valence-corrected chi connectivity index (χ4v) is 1.03. The first-order valence-electron chi connectivity index (χ1n) is 4.04. The number of Topliss-reactive ketones (excluding diaryl/α,β-unsaturated/α-hetero) is 1. The van der Waals surface area contributed by atoms with Gasteiger partial charge in [-0.25, -0.2) is 0 Å². The van der Waals surface area contributed by atoms with Crippen LogP contribution in [0.3, 0.4) is 0 Å². The molecule has 0 saturated carbocycles. The predicted octanol–water partition coefficient (Wildman–Crippen LogP) is 1.61. The summed E-state index contributed by atoms with van der Waals surface area (Å²) >= 11 is 0. The Bertz CT molecular complexity index is 254. The zero-order valence-electron chi connectivity index (χ0n) is 7.16. The second kappa shape index (κ2) is 4.02. The Morgan fingerprint density at radius 2 is 2.00 bits per heavy atom. The molecule has 0 spiro atoms. The van der Waals surface area contributed by atoms with Gasteiger partial charge in [-0.1, -0.05) is 30.3 Å². The SMILES string of the molecule is CC(N)CC(=O)c1ccccc1. The molecular weight excluding hydrogens is 150 g/mol. The molecule has 0 aliphatic heterocycles. The molecule has 12 heavy (non-hydrogen) atoms. The second-order valence-corrected chi connectivity index (χ2v) is 2.97. The predicted molar refractivity (Wildman–Crippen MR) is 49.0 cm³/mol. The number of carbonyl (C=O) groups excluding carboxylic acids is 1. The van der Waals surface area contributed by atoms with Gasteiger partial charge in [-0.3, -0.25) is 4.79 Å². The molecule has 2 N–H and O–H groups in total. The van der Waals surface area contributed by atoms with E-state index in [-0.39, 0.29) is 11.8 Å². The van der Waals surface area contributed by atoms with E-state index in [4.69, 9.17) is 5.73 Å². The van der Waals surface area contributed by atoms with Gasteiger partial charge in [0.25, 0.3) is 0 Å². The van der Waals surface area contributed by atoms with Crippen molar-refractivity contribution in [2.45, 2.75) is 19.4 Å². The molecule has 1 aromatic rings. The van der Waals surface area contributed by atoms with Gasteiger partial charge in [0.05, 0.1) is 0 Å². The first kappa shape index (κ1) is 8.94. The average molecular weight is 163 g/mol. The number of rotatable bonds is 3. The summed E-state index contributed by atoms with van der Waals surface area (Å²) in [4.78, 5) is 11.4. The summed E-state index contributed by atoms with van der Waals surface area (Å²) in [6.45, 7) is 1.83. The van der Waals surface area contributed by atoms with Crippen LogP contribution in [0.4, 0.5) is 0 Å². The maximum absolute atomic E-state index is 11.4. The van der Waals surface area contributed by atoms with Gasteiger partial charge in [0.15, 0.2) is 5.78 Å². The molecule has 2 nitrogen and oxygen atoms in total. The minimum Gasteiger partial charge on any atom is -0.328 e. The van der Waals surface area contributed by atoms with Crippen molar-refractivity contribution in [3.8, 4) is 0 Å². The van der Waals surface area contributed by atoms with Gasteiger partial charge in [-0.15, -0.1) is 0 Å². The molecule has 0 saturated heterocycles. The summed E-state index contributed by atoms with van der Waals surface area (Å²) < 4.78 is 0. The van der Waals surface area contributed by atoms with E-state index in [1.807, 2.05) is 37.3 Å². The number of hydrogen-bond acceptors (Lipinski definition) is 2. The van der Waals surface area contributed by atoms with E-state index < -0.39 is 0 Å². The Morgan fingerprint density at radius 1 is 1.42 bits per heavy atom. The molecule has 0 aliphatic carbocycles. The standard InChI is InChI=1S/C10H13NO/c1-8(11)7-10(12)9-5-3-2-4-6-9/h2-6,8H,7,11H2,1H3. The molecular formula is C10H13NO. The Balaban J connectivity index is 2.66. The van der Waals surface area contributed by atoms with Gasteiger partial charge in [-0.2, -0.15) is 0 Å². The fourth-order valence-electron chi connectivity index (χ4n) is 1.03. The van der Waals surface area contributed by atoms with Crippen molar-refractivity contribution in [2.24, 2.45) is 5.73 Å². The van der Waals surface area contributed by atoms with Crippen molar-refractivity contribution in [1.82, 2.24) is 0 Å². The molecule has 0 radical (unpaired) electrons. The Labute approximate surface area is 72.4 Å². The normalized spacial score (nSPS) is 12.5. The third-order valence-corrected chi connectivity index (χ3v) is 1.60.